The summed E-state index contributed by atoms with van der Waals surface area (Å²) in [6, 6.07) is 0. The Morgan fingerprint density at radius 1 is 1.24 bits per heavy atom. The molecule has 100 valence electrons. The van der Waals surface area contributed by atoms with Gasteiger partial charge in [-0.1, -0.05) is 20.8 Å². The van der Waals surface area contributed by atoms with Gasteiger partial charge in [0.2, 0.25) is 0 Å². The number of rotatable bonds is 4. The fourth-order valence-electron chi connectivity index (χ4n) is 2.72. The van der Waals surface area contributed by atoms with E-state index in [0.29, 0.717) is 31.3 Å². The second kappa shape index (κ2) is 5.38. The molecule has 1 unspecified atom stereocenters. The van der Waals surface area contributed by atoms with Crippen molar-refractivity contribution in [1.82, 2.24) is 0 Å². The summed E-state index contributed by atoms with van der Waals surface area (Å²) in [5.41, 5.74) is -0.560. The Kier molecular flexibility index (Phi) is 4.59. The van der Waals surface area contributed by atoms with Crippen LogP contribution in [0.15, 0.2) is 0 Å². The van der Waals surface area contributed by atoms with Gasteiger partial charge in [-0.25, -0.2) is 0 Å². The van der Waals surface area contributed by atoms with Gasteiger partial charge in [0.15, 0.2) is 0 Å². The number of esters is 1. The van der Waals surface area contributed by atoms with Crippen LogP contribution in [0.2, 0.25) is 0 Å². The molecule has 0 aliphatic heterocycles. The van der Waals surface area contributed by atoms with Gasteiger partial charge in [0.25, 0.3) is 0 Å². The largest absolute Gasteiger partial charge is 0.466 e. The molecule has 1 aliphatic carbocycles. The van der Waals surface area contributed by atoms with Crippen molar-refractivity contribution in [2.24, 2.45) is 11.3 Å². The number of ether oxygens (including phenoxy) is 1. The highest BCUT2D eigenvalue weighted by Crippen LogP contribution is 2.44. The highest BCUT2D eigenvalue weighted by Gasteiger charge is 2.45. The van der Waals surface area contributed by atoms with Gasteiger partial charge >= 0.3 is 5.97 Å². The number of aliphatic hydroxyl groups is 1. The molecule has 0 amide bonds. The maximum atomic E-state index is 11.9. The zero-order chi connectivity index (χ0) is 13.1. The standard InChI is InChI=1S/C14H26O3/c1-5-11(12(15)17-6-2)14(16)9-7-13(3,4)8-10-14/h11,16H,5-10H2,1-4H3. The van der Waals surface area contributed by atoms with E-state index in [1.165, 1.54) is 0 Å². The van der Waals surface area contributed by atoms with Gasteiger partial charge < -0.3 is 9.84 Å². The highest BCUT2D eigenvalue weighted by atomic mass is 16.5. The minimum Gasteiger partial charge on any atom is -0.466 e. The van der Waals surface area contributed by atoms with Crippen LogP contribution in [0.3, 0.4) is 0 Å². The van der Waals surface area contributed by atoms with E-state index in [-0.39, 0.29) is 11.9 Å². The number of carbonyl (C=O) groups is 1. The molecule has 0 aromatic heterocycles. The minimum atomic E-state index is -0.851. The fourth-order valence-corrected chi connectivity index (χ4v) is 2.72. The summed E-state index contributed by atoms with van der Waals surface area (Å²) in [5, 5.41) is 10.7. The summed E-state index contributed by atoms with van der Waals surface area (Å²) in [7, 11) is 0. The van der Waals surface area contributed by atoms with Crippen molar-refractivity contribution in [2.75, 3.05) is 6.61 Å². The summed E-state index contributed by atoms with van der Waals surface area (Å²) in [5.74, 6) is -0.601. The molecule has 1 atom stereocenters. The maximum Gasteiger partial charge on any atom is 0.311 e. The molecule has 1 saturated carbocycles. The normalized spacial score (nSPS) is 24.1. The third-order valence-corrected chi connectivity index (χ3v) is 4.10. The molecule has 3 heteroatoms. The Balaban J connectivity index is 2.71. The van der Waals surface area contributed by atoms with E-state index in [0.717, 1.165) is 12.8 Å². The monoisotopic (exact) mass is 242 g/mol. The molecule has 1 N–H and O–H groups in total. The van der Waals surface area contributed by atoms with Gasteiger partial charge in [-0.05, 0) is 44.4 Å². The summed E-state index contributed by atoms with van der Waals surface area (Å²) >= 11 is 0. The first kappa shape index (κ1) is 14.5. The van der Waals surface area contributed by atoms with Crippen LogP contribution in [-0.4, -0.2) is 23.3 Å². The van der Waals surface area contributed by atoms with Crippen LogP contribution < -0.4 is 0 Å². The van der Waals surface area contributed by atoms with Crippen LogP contribution in [-0.2, 0) is 9.53 Å². The van der Waals surface area contributed by atoms with Gasteiger partial charge in [0.1, 0.15) is 0 Å². The van der Waals surface area contributed by atoms with Crippen LogP contribution in [0.1, 0.15) is 59.8 Å². The van der Waals surface area contributed by atoms with Gasteiger partial charge in [-0.2, -0.15) is 0 Å². The van der Waals surface area contributed by atoms with E-state index in [9.17, 15) is 9.90 Å². The van der Waals surface area contributed by atoms with E-state index in [4.69, 9.17) is 4.74 Å². The molecule has 1 aliphatic rings. The lowest BCUT2D eigenvalue weighted by molar-refractivity contribution is -0.163. The lowest BCUT2D eigenvalue weighted by atomic mass is 9.66. The van der Waals surface area contributed by atoms with Crippen molar-refractivity contribution in [1.29, 1.82) is 0 Å². The summed E-state index contributed by atoms with van der Waals surface area (Å²) < 4.78 is 5.07. The van der Waals surface area contributed by atoms with E-state index >= 15 is 0 Å². The van der Waals surface area contributed by atoms with Crippen LogP contribution in [0.25, 0.3) is 0 Å². The van der Waals surface area contributed by atoms with Crippen molar-refractivity contribution in [3.8, 4) is 0 Å². The molecule has 0 aromatic rings. The Hall–Kier alpha value is -0.570. The molecule has 0 bridgehead atoms. The Bertz CT molecular complexity index is 261. The fraction of sp³-hybridized carbons (Fsp3) is 0.929. The molecule has 1 fully saturated rings. The topological polar surface area (TPSA) is 46.5 Å². The van der Waals surface area contributed by atoms with Crippen molar-refractivity contribution in [3.63, 3.8) is 0 Å². The van der Waals surface area contributed by atoms with Crippen LogP contribution in [0.4, 0.5) is 0 Å². The Morgan fingerprint density at radius 2 is 1.76 bits per heavy atom. The van der Waals surface area contributed by atoms with Gasteiger partial charge in [0.05, 0.1) is 18.1 Å². The summed E-state index contributed by atoms with van der Waals surface area (Å²) in [4.78, 5) is 11.9. The predicted octanol–water partition coefficient (Wildman–Crippen LogP) is 2.91. The third-order valence-electron chi connectivity index (χ3n) is 4.10. The second-order valence-electron chi connectivity index (χ2n) is 5.98. The molecule has 0 saturated heterocycles. The quantitative estimate of drug-likeness (QED) is 0.771. The van der Waals surface area contributed by atoms with Crippen LogP contribution in [0, 0.1) is 11.3 Å². The first-order valence-electron chi connectivity index (χ1n) is 6.73. The number of hydrogen-bond acceptors (Lipinski definition) is 3. The van der Waals surface area contributed by atoms with E-state index < -0.39 is 5.60 Å². The molecular formula is C14H26O3. The van der Waals surface area contributed by atoms with Crippen LogP contribution >= 0.6 is 0 Å². The van der Waals surface area contributed by atoms with E-state index in [1.807, 2.05) is 6.92 Å². The van der Waals surface area contributed by atoms with Crippen molar-refractivity contribution in [3.05, 3.63) is 0 Å². The second-order valence-corrected chi connectivity index (χ2v) is 5.98. The molecule has 0 aromatic carbocycles. The molecule has 0 spiro atoms. The van der Waals surface area contributed by atoms with E-state index in [2.05, 4.69) is 13.8 Å². The van der Waals surface area contributed by atoms with Crippen molar-refractivity contribution >= 4 is 5.97 Å². The number of hydrogen-bond donors (Lipinski definition) is 1. The lowest BCUT2D eigenvalue weighted by Gasteiger charge is -2.43. The zero-order valence-corrected chi connectivity index (χ0v) is 11.6. The summed E-state index contributed by atoms with van der Waals surface area (Å²) in [6.45, 7) is 8.57. The van der Waals surface area contributed by atoms with Gasteiger partial charge in [-0.15, -0.1) is 0 Å². The molecular weight excluding hydrogens is 216 g/mol. The van der Waals surface area contributed by atoms with Crippen molar-refractivity contribution in [2.45, 2.75) is 65.4 Å². The molecule has 0 heterocycles. The molecule has 0 radical (unpaired) electrons. The van der Waals surface area contributed by atoms with E-state index in [1.54, 1.807) is 6.92 Å². The average molecular weight is 242 g/mol. The summed E-state index contributed by atoms with van der Waals surface area (Å²) in [6.07, 6.45) is 4.00. The first-order valence-corrected chi connectivity index (χ1v) is 6.73. The van der Waals surface area contributed by atoms with Crippen molar-refractivity contribution < 1.29 is 14.6 Å². The Morgan fingerprint density at radius 3 is 2.18 bits per heavy atom. The SMILES string of the molecule is CCOC(=O)C(CC)C1(O)CCC(C)(C)CC1. The first-order chi connectivity index (χ1) is 7.84. The maximum absolute atomic E-state index is 11.9. The third kappa shape index (κ3) is 3.44. The Labute approximate surface area is 105 Å². The van der Waals surface area contributed by atoms with Gasteiger partial charge in [-0.3, -0.25) is 4.79 Å². The zero-order valence-electron chi connectivity index (χ0n) is 11.6. The smallest absolute Gasteiger partial charge is 0.311 e. The highest BCUT2D eigenvalue weighted by molar-refractivity contribution is 5.73. The molecule has 3 nitrogen and oxygen atoms in total. The van der Waals surface area contributed by atoms with Crippen LogP contribution in [0.5, 0.6) is 0 Å². The minimum absolute atomic E-state index is 0.239. The predicted molar refractivity (Wildman–Crippen MR) is 67.6 cm³/mol. The lowest BCUT2D eigenvalue weighted by Crippen LogP contribution is -2.47. The van der Waals surface area contributed by atoms with Gasteiger partial charge in [0, 0.05) is 0 Å². The number of carbonyl (C=O) groups excluding carboxylic acids is 1. The molecule has 17 heavy (non-hydrogen) atoms. The molecule has 1 rings (SSSR count). The average Bonchev–Trinajstić information content (AvgIpc) is 2.25.